The van der Waals surface area contributed by atoms with Crippen molar-refractivity contribution in [2.24, 2.45) is 5.73 Å². The van der Waals surface area contributed by atoms with E-state index in [0.29, 0.717) is 0 Å². The third-order valence-corrected chi connectivity index (χ3v) is 1.84. The van der Waals surface area contributed by atoms with Crippen molar-refractivity contribution in [2.75, 3.05) is 7.11 Å². The predicted octanol–water partition coefficient (Wildman–Crippen LogP) is 2.52. The van der Waals surface area contributed by atoms with E-state index in [1.54, 1.807) is 0 Å². The minimum atomic E-state index is -2.79. The molecule has 0 saturated heterocycles. The Labute approximate surface area is 91.6 Å². The highest BCUT2D eigenvalue weighted by Gasteiger charge is 2.22. The lowest BCUT2D eigenvalue weighted by Crippen LogP contribution is -2.20. The Balaban J connectivity index is 0.00000196. The van der Waals surface area contributed by atoms with Gasteiger partial charge >= 0.3 is 0 Å². The van der Waals surface area contributed by atoms with Crippen molar-refractivity contribution in [3.63, 3.8) is 0 Å². The molecule has 6 heteroatoms. The molecule has 0 fully saturated rings. The van der Waals surface area contributed by atoms with Crippen LogP contribution >= 0.6 is 12.4 Å². The van der Waals surface area contributed by atoms with Gasteiger partial charge in [-0.05, 0) is 6.07 Å². The van der Waals surface area contributed by atoms with Gasteiger partial charge in [0.25, 0.3) is 6.43 Å². The number of halogens is 4. The second-order valence-electron chi connectivity index (χ2n) is 2.72. The van der Waals surface area contributed by atoms with E-state index >= 15 is 0 Å². The van der Waals surface area contributed by atoms with E-state index in [1.807, 2.05) is 0 Å². The average Bonchev–Trinajstić information content (AvgIpc) is 2.17. The molecule has 0 spiro atoms. The van der Waals surface area contributed by atoms with Crippen LogP contribution in [0.25, 0.3) is 0 Å². The van der Waals surface area contributed by atoms with Gasteiger partial charge in [0.2, 0.25) is 0 Å². The monoisotopic (exact) mass is 241 g/mol. The maximum atomic E-state index is 13.3. The molecule has 0 saturated carbocycles. The number of benzene rings is 1. The van der Waals surface area contributed by atoms with Crippen LogP contribution in [0, 0.1) is 5.82 Å². The predicted molar refractivity (Wildman–Crippen MR) is 53.1 cm³/mol. The maximum Gasteiger partial charge on any atom is 0.257 e. The second kappa shape index (κ2) is 5.82. The van der Waals surface area contributed by atoms with Crippen LogP contribution in [-0.2, 0) is 0 Å². The Morgan fingerprint density at radius 3 is 2.40 bits per heavy atom. The zero-order chi connectivity index (χ0) is 10.7. The van der Waals surface area contributed by atoms with Crippen LogP contribution in [0.4, 0.5) is 13.2 Å². The lowest BCUT2D eigenvalue weighted by atomic mass is 10.1. The van der Waals surface area contributed by atoms with Crippen LogP contribution in [0.1, 0.15) is 11.6 Å². The van der Waals surface area contributed by atoms with Crippen molar-refractivity contribution in [1.29, 1.82) is 0 Å². The fraction of sp³-hybridized carbons (Fsp3) is 0.333. The van der Waals surface area contributed by atoms with E-state index in [-0.39, 0.29) is 23.7 Å². The molecule has 0 aliphatic heterocycles. The lowest BCUT2D eigenvalue weighted by Gasteiger charge is -2.13. The summed E-state index contributed by atoms with van der Waals surface area (Å²) in [5, 5.41) is 0. The van der Waals surface area contributed by atoms with Gasteiger partial charge in [-0.1, -0.05) is 12.1 Å². The summed E-state index contributed by atoms with van der Waals surface area (Å²) in [7, 11) is 1.26. The van der Waals surface area contributed by atoms with Gasteiger partial charge in [0.05, 0.1) is 13.2 Å². The molecule has 0 bridgehead atoms. The molecule has 1 atom stereocenters. The highest BCUT2D eigenvalue weighted by Crippen LogP contribution is 2.26. The number of ether oxygens (including phenoxy) is 1. The van der Waals surface area contributed by atoms with Crippen molar-refractivity contribution in [3.8, 4) is 5.75 Å². The normalized spacial score (nSPS) is 12.1. The maximum absolute atomic E-state index is 13.3. The van der Waals surface area contributed by atoms with E-state index in [2.05, 4.69) is 4.74 Å². The van der Waals surface area contributed by atoms with Crippen LogP contribution < -0.4 is 10.5 Å². The van der Waals surface area contributed by atoms with Crippen LogP contribution in [0.3, 0.4) is 0 Å². The molecule has 2 nitrogen and oxygen atoms in total. The Morgan fingerprint density at radius 2 is 1.93 bits per heavy atom. The first-order valence-electron chi connectivity index (χ1n) is 3.94. The highest BCUT2D eigenvalue weighted by atomic mass is 35.5. The quantitative estimate of drug-likeness (QED) is 0.883. The van der Waals surface area contributed by atoms with Gasteiger partial charge in [-0.15, -0.1) is 12.4 Å². The van der Waals surface area contributed by atoms with E-state index in [9.17, 15) is 13.2 Å². The molecule has 1 aromatic carbocycles. The Bertz CT molecular complexity index is 322. The third-order valence-electron chi connectivity index (χ3n) is 1.84. The molecule has 0 aromatic heterocycles. The summed E-state index contributed by atoms with van der Waals surface area (Å²) in [6.45, 7) is 0. The van der Waals surface area contributed by atoms with Gasteiger partial charge in [-0.25, -0.2) is 13.2 Å². The molecule has 0 heterocycles. The topological polar surface area (TPSA) is 35.2 Å². The molecular formula is C9H11ClF3NO. The van der Waals surface area contributed by atoms with Crippen molar-refractivity contribution in [1.82, 2.24) is 0 Å². The molecule has 0 radical (unpaired) electrons. The van der Waals surface area contributed by atoms with Crippen molar-refractivity contribution < 1.29 is 17.9 Å². The SMILES string of the molecule is COc1cccc([C@H](N)C(F)F)c1F.Cl. The number of hydrogen-bond donors (Lipinski definition) is 1. The molecule has 1 aromatic rings. The largest absolute Gasteiger partial charge is 0.494 e. The van der Waals surface area contributed by atoms with Gasteiger partial charge in [-0.3, -0.25) is 0 Å². The van der Waals surface area contributed by atoms with Gasteiger partial charge in [0.15, 0.2) is 11.6 Å². The zero-order valence-electron chi connectivity index (χ0n) is 7.91. The smallest absolute Gasteiger partial charge is 0.257 e. The summed E-state index contributed by atoms with van der Waals surface area (Å²) in [5.41, 5.74) is 4.88. The Hall–Kier alpha value is -0.940. The number of alkyl halides is 2. The number of nitrogens with two attached hydrogens (primary N) is 1. The van der Waals surface area contributed by atoms with E-state index in [1.165, 1.54) is 25.3 Å². The summed E-state index contributed by atoms with van der Waals surface area (Å²) in [6, 6.07) is 2.36. The standard InChI is InChI=1S/C9H10F3NO.ClH/c1-14-6-4-2-3-5(7(6)10)8(13)9(11)12;/h2-4,8-9H,13H2,1H3;1H/t8-;/m0./s1. The molecule has 86 valence electrons. The second-order valence-corrected chi connectivity index (χ2v) is 2.72. The van der Waals surface area contributed by atoms with Crippen molar-refractivity contribution >= 4 is 12.4 Å². The van der Waals surface area contributed by atoms with E-state index in [4.69, 9.17) is 5.73 Å². The minimum absolute atomic E-state index is 0. The van der Waals surface area contributed by atoms with Crippen LogP contribution in [0.15, 0.2) is 18.2 Å². The summed E-state index contributed by atoms with van der Waals surface area (Å²) in [4.78, 5) is 0. The fourth-order valence-corrected chi connectivity index (χ4v) is 1.08. The molecule has 15 heavy (non-hydrogen) atoms. The summed E-state index contributed by atoms with van der Waals surface area (Å²) in [5.74, 6) is -0.915. The Morgan fingerprint density at radius 1 is 1.33 bits per heavy atom. The van der Waals surface area contributed by atoms with E-state index in [0.717, 1.165) is 0 Å². The Kier molecular flexibility index (Phi) is 5.46. The first-order chi connectivity index (χ1) is 6.57. The third kappa shape index (κ3) is 3.00. The molecule has 0 amide bonds. The highest BCUT2D eigenvalue weighted by molar-refractivity contribution is 5.85. The molecule has 2 N–H and O–H groups in total. The van der Waals surface area contributed by atoms with Crippen molar-refractivity contribution in [2.45, 2.75) is 12.5 Å². The average molecular weight is 242 g/mol. The summed E-state index contributed by atoms with van der Waals surface area (Å²) < 4.78 is 42.4. The molecule has 0 unspecified atom stereocenters. The fourth-order valence-electron chi connectivity index (χ4n) is 1.08. The summed E-state index contributed by atoms with van der Waals surface area (Å²) in [6.07, 6.45) is -2.79. The number of methoxy groups -OCH3 is 1. The van der Waals surface area contributed by atoms with Gasteiger partial charge < -0.3 is 10.5 Å². The van der Waals surface area contributed by atoms with Gasteiger partial charge in [-0.2, -0.15) is 0 Å². The molecule has 0 aliphatic rings. The van der Waals surface area contributed by atoms with Gasteiger partial charge in [0, 0.05) is 5.56 Å². The lowest BCUT2D eigenvalue weighted by molar-refractivity contribution is 0.114. The molecule has 1 rings (SSSR count). The minimum Gasteiger partial charge on any atom is -0.494 e. The first-order valence-corrected chi connectivity index (χ1v) is 3.94. The van der Waals surface area contributed by atoms with E-state index < -0.39 is 18.3 Å². The zero-order valence-corrected chi connectivity index (χ0v) is 8.73. The molecular weight excluding hydrogens is 231 g/mol. The van der Waals surface area contributed by atoms with Crippen LogP contribution in [0.2, 0.25) is 0 Å². The number of rotatable bonds is 3. The van der Waals surface area contributed by atoms with Crippen LogP contribution in [0.5, 0.6) is 5.75 Å². The molecule has 0 aliphatic carbocycles. The number of hydrogen-bond acceptors (Lipinski definition) is 2. The van der Waals surface area contributed by atoms with Gasteiger partial charge in [0.1, 0.15) is 0 Å². The first kappa shape index (κ1) is 14.1. The summed E-state index contributed by atoms with van der Waals surface area (Å²) >= 11 is 0. The van der Waals surface area contributed by atoms with Crippen LogP contribution in [-0.4, -0.2) is 13.5 Å². The van der Waals surface area contributed by atoms with Crippen molar-refractivity contribution in [3.05, 3.63) is 29.6 Å².